The molecule has 4 heteroatoms. The molecule has 0 bridgehead atoms. The van der Waals surface area contributed by atoms with Gasteiger partial charge in [-0.05, 0) is 37.0 Å². The molecule has 1 fully saturated rings. The Kier molecular flexibility index (Phi) is 4.36. The Labute approximate surface area is 114 Å². The lowest BCUT2D eigenvalue weighted by molar-refractivity contribution is 0.179. The van der Waals surface area contributed by atoms with Gasteiger partial charge in [0.25, 0.3) is 0 Å². The van der Waals surface area contributed by atoms with Crippen molar-refractivity contribution in [1.82, 2.24) is 0 Å². The van der Waals surface area contributed by atoms with Crippen LogP contribution in [-0.4, -0.2) is 33.9 Å². The van der Waals surface area contributed by atoms with Crippen LogP contribution in [0.5, 0.6) is 0 Å². The van der Waals surface area contributed by atoms with E-state index in [1.165, 1.54) is 12.8 Å². The number of halogens is 1. The summed E-state index contributed by atoms with van der Waals surface area (Å²) in [7, 11) is 5.83. The highest BCUT2D eigenvalue weighted by molar-refractivity contribution is 6.31. The smallest absolute Gasteiger partial charge is 0.0666 e. The summed E-state index contributed by atoms with van der Waals surface area (Å²) in [6.45, 7) is 0.740. The third kappa shape index (κ3) is 3.30. The second-order valence-corrected chi connectivity index (χ2v) is 5.54. The van der Waals surface area contributed by atoms with Crippen LogP contribution in [0.3, 0.4) is 0 Å². The number of methoxy groups -OCH3 is 1. The molecular weight excluding hydrogens is 248 g/mol. The summed E-state index contributed by atoms with van der Waals surface area (Å²) in [6, 6.07) is 6.33. The van der Waals surface area contributed by atoms with E-state index in [9.17, 15) is 0 Å². The van der Waals surface area contributed by atoms with Gasteiger partial charge in [-0.25, -0.2) is 0 Å². The molecule has 100 valence electrons. The first-order chi connectivity index (χ1) is 8.61. The zero-order valence-corrected chi connectivity index (χ0v) is 12.0. The molecule has 1 aromatic carbocycles. The first-order valence-electron chi connectivity index (χ1n) is 6.34. The minimum absolute atomic E-state index is 0.382. The summed E-state index contributed by atoms with van der Waals surface area (Å²) < 4.78 is 5.30. The van der Waals surface area contributed by atoms with Gasteiger partial charge in [-0.3, -0.25) is 0 Å². The molecular formula is C14H21ClN2O. The van der Waals surface area contributed by atoms with Crippen LogP contribution in [0.25, 0.3) is 0 Å². The fourth-order valence-electron chi connectivity index (χ4n) is 2.19. The SMILES string of the molecule is COCC(Nc1cc(Cl)ccc1N(C)C)C1CC1. The number of anilines is 2. The van der Waals surface area contributed by atoms with Crippen molar-refractivity contribution in [2.75, 3.05) is 38.0 Å². The number of nitrogens with zero attached hydrogens (tertiary/aromatic N) is 1. The fourth-order valence-corrected chi connectivity index (χ4v) is 2.36. The molecule has 0 amide bonds. The highest BCUT2D eigenvalue weighted by atomic mass is 35.5. The van der Waals surface area contributed by atoms with Crippen LogP contribution >= 0.6 is 11.6 Å². The summed E-state index contributed by atoms with van der Waals surface area (Å²) in [6.07, 6.45) is 2.58. The van der Waals surface area contributed by atoms with E-state index in [2.05, 4.69) is 10.2 Å². The molecule has 1 atom stereocenters. The molecule has 1 aliphatic rings. The van der Waals surface area contributed by atoms with Crippen molar-refractivity contribution >= 4 is 23.0 Å². The van der Waals surface area contributed by atoms with Crippen molar-refractivity contribution in [3.05, 3.63) is 23.2 Å². The van der Waals surface area contributed by atoms with Crippen LogP contribution < -0.4 is 10.2 Å². The van der Waals surface area contributed by atoms with Gasteiger partial charge in [-0.1, -0.05) is 11.6 Å². The molecule has 0 aromatic heterocycles. The monoisotopic (exact) mass is 268 g/mol. The van der Waals surface area contributed by atoms with Crippen LogP contribution in [-0.2, 0) is 4.74 Å². The molecule has 0 radical (unpaired) electrons. The molecule has 0 spiro atoms. The van der Waals surface area contributed by atoms with E-state index in [1.54, 1.807) is 7.11 Å². The third-order valence-electron chi connectivity index (χ3n) is 3.32. The Morgan fingerprint density at radius 1 is 1.44 bits per heavy atom. The Morgan fingerprint density at radius 3 is 2.72 bits per heavy atom. The zero-order valence-electron chi connectivity index (χ0n) is 11.2. The van der Waals surface area contributed by atoms with Crippen LogP contribution in [0.2, 0.25) is 5.02 Å². The van der Waals surface area contributed by atoms with Gasteiger partial charge in [-0.15, -0.1) is 0 Å². The second kappa shape index (κ2) is 5.81. The number of hydrogen-bond acceptors (Lipinski definition) is 3. The summed E-state index contributed by atoms with van der Waals surface area (Å²) in [4.78, 5) is 2.09. The topological polar surface area (TPSA) is 24.5 Å². The summed E-state index contributed by atoms with van der Waals surface area (Å²) >= 11 is 6.09. The molecule has 1 saturated carbocycles. The van der Waals surface area contributed by atoms with Gasteiger partial charge in [0.1, 0.15) is 0 Å². The fraction of sp³-hybridized carbons (Fsp3) is 0.571. The van der Waals surface area contributed by atoms with Crippen molar-refractivity contribution in [2.45, 2.75) is 18.9 Å². The highest BCUT2D eigenvalue weighted by Gasteiger charge is 2.31. The Bertz CT molecular complexity index is 405. The standard InChI is InChI=1S/C14H21ClN2O/c1-17(2)14-7-6-11(15)8-12(14)16-13(9-18-3)10-4-5-10/h6-8,10,13,16H,4-5,9H2,1-3H3. The Balaban J connectivity index is 2.17. The van der Waals surface area contributed by atoms with E-state index in [0.29, 0.717) is 6.04 Å². The van der Waals surface area contributed by atoms with Gasteiger partial charge in [-0.2, -0.15) is 0 Å². The van der Waals surface area contributed by atoms with E-state index >= 15 is 0 Å². The Morgan fingerprint density at radius 2 is 2.17 bits per heavy atom. The summed E-state index contributed by atoms with van der Waals surface area (Å²) in [5.41, 5.74) is 2.24. The van der Waals surface area contributed by atoms with Crippen molar-refractivity contribution in [1.29, 1.82) is 0 Å². The van der Waals surface area contributed by atoms with E-state index in [1.807, 2.05) is 32.3 Å². The normalized spacial score (nSPS) is 16.4. The lowest BCUT2D eigenvalue weighted by atomic mass is 10.1. The average molecular weight is 269 g/mol. The summed E-state index contributed by atoms with van der Waals surface area (Å²) in [5.74, 6) is 0.735. The molecule has 0 saturated heterocycles. The lowest BCUT2D eigenvalue weighted by Gasteiger charge is -2.24. The van der Waals surface area contributed by atoms with Gasteiger partial charge in [0, 0.05) is 26.2 Å². The van der Waals surface area contributed by atoms with Gasteiger partial charge in [0.2, 0.25) is 0 Å². The molecule has 2 rings (SSSR count). The predicted octanol–water partition coefficient (Wildman–Crippen LogP) is 3.24. The predicted molar refractivity (Wildman–Crippen MR) is 77.8 cm³/mol. The maximum atomic E-state index is 6.09. The molecule has 18 heavy (non-hydrogen) atoms. The van der Waals surface area contributed by atoms with Gasteiger partial charge >= 0.3 is 0 Å². The lowest BCUT2D eigenvalue weighted by Crippen LogP contribution is -2.28. The van der Waals surface area contributed by atoms with E-state index in [-0.39, 0.29) is 0 Å². The molecule has 1 aromatic rings. The van der Waals surface area contributed by atoms with Gasteiger partial charge < -0.3 is 15.0 Å². The molecule has 0 heterocycles. The molecule has 1 aliphatic carbocycles. The van der Waals surface area contributed by atoms with Crippen molar-refractivity contribution < 1.29 is 4.74 Å². The number of nitrogens with one attached hydrogen (secondary N) is 1. The van der Waals surface area contributed by atoms with Crippen molar-refractivity contribution in [3.8, 4) is 0 Å². The first-order valence-corrected chi connectivity index (χ1v) is 6.72. The molecule has 1 N–H and O–H groups in total. The van der Waals surface area contributed by atoms with E-state index < -0.39 is 0 Å². The van der Waals surface area contributed by atoms with Gasteiger partial charge in [0.05, 0.1) is 24.0 Å². The van der Waals surface area contributed by atoms with Crippen molar-refractivity contribution in [2.24, 2.45) is 5.92 Å². The van der Waals surface area contributed by atoms with Crippen LogP contribution in [0, 0.1) is 5.92 Å². The number of ether oxygens (including phenoxy) is 1. The van der Waals surface area contributed by atoms with Crippen LogP contribution in [0.4, 0.5) is 11.4 Å². The van der Waals surface area contributed by atoms with Gasteiger partial charge in [0.15, 0.2) is 0 Å². The number of hydrogen-bond donors (Lipinski definition) is 1. The minimum Gasteiger partial charge on any atom is -0.383 e. The van der Waals surface area contributed by atoms with Crippen LogP contribution in [0.15, 0.2) is 18.2 Å². The minimum atomic E-state index is 0.382. The second-order valence-electron chi connectivity index (χ2n) is 5.10. The molecule has 3 nitrogen and oxygen atoms in total. The quantitative estimate of drug-likeness (QED) is 0.857. The van der Waals surface area contributed by atoms with E-state index in [4.69, 9.17) is 16.3 Å². The maximum Gasteiger partial charge on any atom is 0.0666 e. The first kappa shape index (κ1) is 13.5. The Hall–Kier alpha value is -0.930. The highest BCUT2D eigenvalue weighted by Crippen LogP contribution is 2.36. The van der Waals surface area contributed by atoms with Crippen LogP contribution in [0.1, 0.15) is 12.8 Å². The van der Waals surface area contributed by atoms with E-state index in [0.717, 1.165) is 28.9 Å². The van der Waals surface area contributed by atoms with Crippen molar-refractivity contribution in [3.63, 3.8) is 0 Å². The number of rotatable bonds is 6. The zero-order chi connectivity index (χ0) is 13.1. The molecule has 1 unspecified atom stereocenters. The maximum absolute atomic E-state index is 6.09. The largest absolute Gasteiger partial charge is 0.383 e. The third-order valence-corrected chi connectivity index (χ3v) is 3.55. The molecule has 0 aliphatic heterocycles. The number of benzene rings is 1. The average Bonchev–Trinajstić information content (AvgIpc) is 3.12. The summed E-state index contributed by atoms with van der Waals surface area (Å²) in [5, 5.41) is 4.34.